The molecule has 26 heavy (non-hydrogen) atoms. The van der Waals surface area contributed by atoms with Crippen LogP contribution in [0.3, 0.4) is 0 Å². The van der Waals surface area contributed by atoms with Crippen LogP contribution in [0.25, 0.3) is 0 Å². The summed E-state index contributed by atoms with van der Waals surface area (Å²) >= 11 is 0. The highest BCUT2D eigenvalue weighted by Gasteiger charge is 2.22. The third kappa shape index (κ3) is 4.31. The van der Waals surface area contributed by atoms with Crippen molar-refractivity contribution in [1.82, 2.24) is 9.55 Å². The van der Waals surface area contributed by atoms with Crippen LogP contribution in [0.5, 0.6) is 0 Å². The molecule has 2 amide bonds. The van der Waals surface area contributed by atoms with Crippen LogP contribution in [0.1, 0.15) is 50.6 Å². The maximum Gasteiger partial charge on any atom is 0.247 e. The number of nitrogens with one attached hydrogen (secondary N) is 2. The summed E-state index contributed by atoms with van der Waals surface area (Å²) in [7, 11) is 0. The molecule has 0 aliphatic heterocycles. The van der Waals surface area contributed by atoms with Gasteiger partial charge in [-0.3, -0.25) is 9.59 Å². The molecule has 2 aromatic rings. The molecule has 1 aliphatic carbocycles. The standard InChI is InChI=1S/C20H26N4O2/c1-14-8-9-17(22-20(26)16-6-4-3-5-7-16)18(12-14)23-19(25)15(2)24-11-10-21-13-24/h8-13,15-16H,3-7H2,1-2H3,(H,22,26)(H,23,25). The fourth-order valence-electron chi connectivity index (χ4n) is 3.34. The lowest BCUT2D eigenvalue weighted by molar-refractivity contribution is -0.121. The predicted molar refractivity (Wildman–Crippen MR) is 102 cm³/mol. The first-order valence-corrected chi connectivity index (χ1v) is 9.24. The molecule has 1 unspecified atom stereocenters. The fraction of sp³-hybridized carbons (Fsp3) is 0.450. The highest BCUT2D eigenvalue weighted by atomic mass is 16.2. The van der Waals surface area contributed by atoms with E-state index >= 15 is 0 Å². The van der Waals surface area contributed by atoms with E-state index in [1.807, 2.05) is 32.0 Å². The Hall–Kier alpha value is -2.63. The summed E-state index contributed by atoms with van der Waals surface area (Å²) < 4.78 is 1.74. The Kier molecular flexibility index (Phi) is 5.71. The second kappa shape index (κ2) is 8.17. The van der Waals surface area contributed by atoms with Crippen molar-refractivity contribution in [3.63, 3.8) is 0 Å². The van der Waals surface area contributed by atoms with E-state index in [1.54, 1.807) is 23.3 Å². The zero-order valence-corrected chi connectivity index (χ0v) is 15.4. The van der Waals surface area contributed by atoms with Crippen LogP contribution in [-0.2, 0) is 9.59 Å². The highest BCUT2D eigenvalue weighted by molar-refractivity contribution is 6.01. The molecule has 2 N–H and O–H groups in total. The summed E-state index contributed by atoms with van der Waals surface area (Å²) in [6.45, 7) is 3.77. The van der Waals surface area contributed by atoms with Crippen LogP contribution in [0.2, 0.25) is 0 Å². The quantitative estimate of drug-likeness (QED) is 0.855. The second-order valence-electron chi connectivity index (χ2n) is 7.05. The topological polar surface area (TPSA) is 76.0 Å². The first-order chi connectivity index (χ1) is 12.5. The van der Waals surface area contributed by atoms with Gasteiger partial charge in [0.15, 0.2) is 0 Å². The van der Waals surface area contributed by atoms with Crippen LogP contribution in [0.4, 0.5) is 11.4 Å². The maximum absolute atomic E-state index is 12.6. The minimum atomic E-state index is -0.389. The van der Waals surface area contributed by atoms with Crippen LogP contribution >= 0.6 is 0 Å². The van der Waals surface area contributed by atoms with Crippen molar-refractivity contribution in [3.05, 3.63) is 42.5 Å². The van der Waals surface area contributed by atoms with Crippen molar-refractivity contribution in [2.24, 2.45) is 5.92 Å². The Morgan fingerprint density at radius 3 is 2.62 bits per heavy atom. The van der Waals surface area contributed by atoms with Crippen LogP contribution < -0.4 is 10.6 Å². The zero-order chi connectivity index (χ0) is 18.5. The number of benzene rings is 1. The second-order valence-corrected chi connectivity index (χ2v) is 7.05. The van der Waals surface area contributed by atoms with E-state index in [9.17, 15) is 9.59 Å². The summed E-state index contributed by atoms with van der Waals surface area (Å²) in [6.07, 6.45) is 10.3. The molecule has 0 bridgehead atoms. The van der Waals surface area contributed by atoms with Gasteiger partial charge in [-0.25, -0.2) is 4.98 Å². The smallest absolute Gasteiger partial charge is 0.247 e. The molecule has 6 heteroatoms. The molecular formula is C20H26N4O2. The van der Waals surface area contributed by atoms with Gasteiger partial charge >= 0.3 is 0 Å². The lowest BCUT2D eigenvalue weighted by Gasteiger charge is -2.22. The molecule has 1 aromatic carbocycles. The van der Waals surface area contributed by atoms with E-state index in [-0.39, 0.29) is 23.8 Å². The van der Waals surface area contributed by atoms with Crippen LogP contribution in [-0.4, -0.2) is 21.4 Å². The molecule has 3 rings (SSSR count). The Balaban J connectivity index is 1.73. The van der Waals surface area contributed by atoms with E-state index in [0.717, 1.165) is 31.2 Å². The van der Waals surface area contributed by atoms with Gasteiger partial charge in [-0.05, 0) is 44.4 Å². The number of amides is 2. The minimum Gasteiger partial charge on any atom is -0.325 e. The van der Waals surface area contributed by atoms with Gasteiger partial charge in [0, 0.05) is 18.3 Å². The minimum absolute atomic E-state index is 0.0479. The summed E-state index contributed by atoms with van der Waals surface area (Å²) in [5.41, 5.74) is 2.30. The van der Waals surface area contributed by atoms with E-state index < -0.39 is 0 Å². The number of aromatic nitrogens is 2. The maximum atomic E-state index is 12.6. The molecule has 0 spiro atoms. The molecular weight excluding hydrogens is 328 g/mol. The number of nitrogens with zero attached hydrogens (tertiary/aromatic N) is 2. The number of hydrogen-bond donors (Lipinski definition) is 2. The highest BCUT2D eigenvalue weighted by Crippen LogP contribution is 2.28. The van der Waals surface area contributed by atoms with E-state index in [4.69, 9.17) is 0 Å². The number of anilines is 2. The third-order valence-corrected chi connectivity index (χ3v) is 5.02. The predicted octanol–water partition coefficient (Wildman–Crippen LogP) is 3.91. The first-order valence-electron chi connectivity index (χ1n) is 9.24. The van der Waals surface area contributed by atoms with E-state index in [0.29, 0.717) is 11.4 Å². The summed E-state index contributed by atoms with van der Waals surface area (Å²) in [5, 5.41) is 5.96. The molecule has 1 atom stereocenters. The third-order valence-electron chi connectivity index (χ3n) is 5.02. The van der Waals surface area contributed by atoms with Gasteiger partial charge in [0.1, 0.15) is 6.04 Å². The molecule has 1 aromatic heterocycles. The van der Waals surface area contributed by atoms with Crippen LogP contribution in [0, 0.1) is 12.8 Å². The number of rotatable bonds is 5. The molecule has 1 aliphatic rings. The van der Waals surface area contributed by atoms with Gasteiger partial charge in [-0.1, -0.05) is 25.3 Å². The van der Waals surface area contributed by atoms with Gasteiger partial charge < -0.3 is 15.2 Å². The normalized spacial score (nSPS) is 16.1. The van der Waals surface area contributed by atoms with E-state index in [1.165, 1.54) is 6.42 Å². The monoisotopic (exact) mass is 354 g/mol. The lowest BCUT2D eigenvalue weighted by atomic mass is 9.88. The van der Waals surface area contributed by atoms with Crippen molar-refractivity contribution in [2.45, 2.75) is 52.0 Å². The molecule has 1 fully saturated rings. The summed E-state index contributed by atoms with van der Waals surface area (Å²) in [5.74, 6) is -0.0352. The van der Waals surface area contributed by atoms with Crippen LogP contribution in [0.15, 0.2) is 36.9 Å². The first kappa shape index (κ1) is 18.2. The Morgan fingerprint density at radius 1 is 1.15 bits per heavy atom. The van der Waals surface area contributed by atoms with Gasteiger partial charge in [0.25, 0.3) is 0 Å². The van der Waals surface area contributed by atoms with E-state index in [2.05, 4.69) is 15.6 Å². The molecule has 138 valence electrons. The van der Waals surface area contributed by atoms with Gasteiger partial charge in [-0.2, -0.15) is 0 Å². The van der Waals surface area contributed by atoms with Gasteiger partial charge in [-0.15, -0.1) is 0 Å². The average molecular weight is 354 g/mol. The van der Waals surface area contributed by atoms with Crippen molar-refractivity contribution in [3.8, 4) is 0 Å². The zero-order valence-electron chi connectivity index (χ0n) is 15.4. The Morgan fingerprint density at radius 2 is 1.92 bits per heavy atom. The molecule has 0 saturated heterocycles. The molecule has 1 saturated carbocycles. The number of aryl methyl sites for hydroxylation is 1. The molecule has 6 nitrogen and oxygen atoms in total. The molecule has 1 heterocycles. The number of hydrogen-bond acceptors (Lipinski definition) is 3. The summed E-state index contributed by atoms with van der Waals surface area (Å²) in [6, 6.07) is 5.29. The van der Waals surface area contributed by atoms with Crippen molar-refractivity contribution >= 4 is 23.2 Å². The molecule has 0 radical (unpaired) electrons. The number of imidazole rings is 1. The fourth-order valence-corrected chi connectivity index (χ4v) is 3.34. The average Bonchev–Trinajstić information content (AvgIpc) is 3.18. The Bertz CT molecular complexity index is 764. The van der Waals surface area contributed by atoms with Crippen molar-refractivity contribution in [1.29, 1.82) is 0 Å². The van der Waals surface area contributed by atoms with Crippen molar-refractivity contribution < 1.29 is 9.59 Å². The Labute approximate surface area is 154 Å². The largest absolute Gasteiger partial charge is 0.325 e. The number of carbonyl (C=O) groups excluding carboxylic acids is 2. The van der Waals surface area contributed by atoms with Gasteiger partial charge in [0.05, 0.1) is 17.7 Å². The SMILES string of the molecule is Cc1ccc(NC(=O)C2CCCCC2)c(NC(=O)C(C)n2ccnc2)c1. The summed E-state index contributed by atoms with van der Waals surface area (Å²) in [4.78, 5) is 29.1. The van der Waals surface area contributed by atoms with Crippen molar-refractivity contribution in [2.75, 3.05) is 10.6 Å². The number of carbonyl (C=O) groups is 2. The van der Waals surface area contributed by atoms with Gasteiger partial charge in [0.2, 0.25) is 11.8 Å². The lowest BCUT2D eigenvalue weighted by Crippen LogP contribution is -2.27.